The monoisotopic (exact) mass is 232 g/mol. The van der Waals surface area contributed by atoms with Gasteiger partial charge in [0.1, 0.15) is 0 Å². The summed E-state index contributed by atoms with van der Waals surface area (Å²) in [5.41, 5.74) is 0. The Morgan fingerprint density at radius 2 is 1.94 bits per heavy atom. The maximum Gasteiger partial charge on any atom is 0.234 e. The molecule has 0 saturated carbocycles. The lowest BCUT2D eigenvalue weighted by atomic mass is 10.2. The summed E-state index contributed by atoms with van der Waals surface area (Å²) in [5.74, 6) is -0.0387. The van der Waals surface area contributed by atoms with Gasteiger partial charge in [-0.1, -0.05) is 13.8 Å². The second-order valence-electron chi connectivity index (χ2n) is 3.80. The molecule has 0 aromatic carbocycles. The summed E-state index contributed by atoms with van der Waals surface area (Å²) in [6.45, 7) is 4.67. The first-order valence-corrected chi connectivity index (χ1v) is 5.80. The number of ether oxygens (including phenoxy) is 1. The van der Waals surface area contributed by atoms with E-state index in [4.69, 9.17) is 9.84 Å². The molecule has 5 heteroatoms. The SMILES string of the molecule is CCC(CC)NC(=O)CNC(CO)COC. The van der Waals surface area contributed by atoms with Crippen molar-refractivity contribution in [1.29, 1.82) is 0 Å². The molecule has 0 aliphatic heterocycles. The van der Waals surface area contributed by atoms with Gasteiger partial charge in [-0.05, 0) is 12.8 Å². The van der Waals surface area contributed by atoms with Crippen LogP contribution in [0.25, 0.3) is 0 Å². The Morgan fingerprint density at radius 3 is 2.38 bits per heavy atom. The van der Waals surface area contributed by atoms with Crippen molar-refractivity contribution in [2.24, 2.45) is 0 Å². The third kappa shape index (κ3) is 6.76. The molecule has 96 valence electrons. The van der Waals surface area contributed by atoms with E-state index in [-0.39, 0.29) is 31.1 Å². The molecule has 0 rings (SSSR count). The molecule has 0 aromatic rings. The molecular formula is C11H24N2O3. The molecule has 1 atom stereocenters. The van der Waals surface area contributed by atoms with E-state index in [9.17, 15) is 4.79 Å². The van der Waals surface area contributed by atoms with Crippen molar-refractivity contribution in [3.63, 3.8) is 0 Å². The van der Waals surface area contributed by atoms with Crippen molar-refractivity contribution in [3.8, 4) is 0 Å². The minimum absolute atomic E-state index is 0.0356. The lowest BCUT2D eigenvalue weighted by molar-refractivity contribution is -0.121. The molecular weight excluding hydrogens is 208 g/mol. The average molecular weight is 232 g/mol. The molecule has 5 nitrogen and oxygen atoms in total. The smallest absolute Gasteiger partial charge is 0.234 e. The van der Waals surface area contributed by atoms with Crippen LogP contribution >= 0.6 is 0 Å². The maximum atomic E-state index is 11.5. The molecule has 16 heavy (non-hydrogen) atoms. The highest BCUT2D eigenvalue weighted by atomic mass is 16.5. The summed E-state index contributed by atoms with van der Waals surface area (Å²) in [6.07, 6.45) is 1.87. The summed E-state index contributed by atoms with van der Waals surface area (Å²) in [7, 11) is 1.56. The normalized spacial score (nSPS) is 12.8. The fourth-order valence-electron chi connectivity index (χ4n) is 1.39. The molecule has 0 saturated heterocycles. The Balaban J connectivity index is 3.78. The maximum absolute atomic E-state index is 11.5. The van der Waals surface area contributed by atoms with E-state index in [0.717, 1.165) is 12.8 Å². The van der Waals surface area contributed by atoms with Crippen molar-refractivity contribution in [2.45, 2.75) is 38.8 Å². The topological polar surface area (TPSA) is 70.6 Å². The predicted molar refractivity (Wildman–Crippen MR) is 63.3 cm³/mol. The average Bonchev–Trinajstić information content (AvgIpc) is 2.31. The Hall–Kier alpha value is -0.650. The van der Waals surface area contributed by atoms with Crippen molar-refractivity contribution < 1.29 is 14.6 Å². The first-order valence-electron chi connectivity index (χ1n) is 5.80. The highest BCUT2D eigenvalue weighted by Gasteiger charge is 2.11. The molecule has 0 aliphatic carbocycles. The van der Waals surface area contributed by atoms with Crippen molar-refractivity contribution in [1.82, 2.24) is 10.6 Å². The van der Waals surface area contributed by atoms with E-state index in [2.05, 4.69) is 10.6 Å². The van der Waals surface area contributed by atoms with Crippen molar-refractivity contribution in [3.05, 3.63) is 0 Å². The van der Waals surface area contributed by atoms with Crippen LogP contribution in [0.3, 0.4) is 0 Å². The molecule has 0 heterocycles. The Morgan fingerprint density at radius 1 is 1.31 bits per heavy atom. The van der Waals surface area contributed by atoms with Crippen LogP contribution in [0.15, 0.2) is 0 Å². The largest absolute Gasteiger partial charge is 0.395 e. The third-order valence-electron chi connectivity index (χ3n) is 2.49. The van der Waals surface area contributed by atoms with Gasteiger partial charge in [-0.2, -0.15) is 0 Å². The summed E-state index contributed by atoms with van der Waals surface area (Å²) in [6, 6.07) is 0.0572. The molecule has 1 unspecified atom stereocenters. The molecule has 0 spiro atoms. The molecule has 0 aromatic heterocycles. The number of carbonyl (C=O) groups excluding carboxylic acids is 1. The second-order valence-corrected chi connectivity index (χ2v) is 3.80. The van der Waals surface area contributed by atoms with Gasteiger partial charge in [0.15, 0.2) is 0 Å². The number of methoxy groups -OCH3 is 1. The standard InChI is InChI=1S/C11H24N2O3/c1-4-9(5-2)13-11(15)6-12-10(7-14)8-16-3/h9-10,12,14H,4-8H2,1-3H3,(H,13,15). The molecule has 3 N–H and O–H groups in total. The van der Waals surface area contributed by atoms with Gasteiger partial charge in [-0.25, -0.2) is 0 Å². The van der Waals surface area contributed by atoms with Crippen LogP contribution < -0.4 is 10.6 Å². The summed E-state index contributed by atoms with van der Waals surface area (Å²) >= 11 is 0. The minimum atomic E-state index is -0.183. The first kappa shape index (κ1) is 15.3. The van der Waals surface area contributed by atoms with Gasteiger partial charge in [0, 0.05) is 13.2 Å². The zero-order valence-electron chi connectivity index (χ0n) is 10.5. The van der Waals surface area contributed by atoms with Gasteiger partial charge in [0.2, 0.25) is 5.91 Å². The minimum Gasteiger partial charge on any atom is -0.395 e. The molecule has 1 amide bonds. The van der Waals surface area contributed by atoms with E-state index < -0.39 is 0 Å². The van der Waals surface area contributed by atoms with Gasteiger partial charge in [-0.15, -0.1) is 0 Å². The number of aliphatic hydroxyl groups excluding tert-OH is 1. The zero-order chi connectivity index (χ0) is 12.4. The number of carbonyl (C=O) groups is 1. The number of aliphatic hydroxyl groups is 1. The number of hydrogen-bond donors (Lipinski definition) is 3. The highest BCUT2D eigenvalue weighted by molar-refractivity contribution is 5.78. The van der Waals surface area contributed by atoms with Gasteiger partial charge in [0.05, 0.1) is 25.8 Å². The number of rotatable bonds is 9. The van der Waals surface area contributed by atoms with Crippen LogP contribution in [0.4, 0.5) is 0 Å². The van der Waals surface area contributed by atoms with Gasteiger partial charge in [-0.3, -0.25) is 4.79 Å². The van der Waals surface area contributed by atoms with Gasteiger partial charge >= 0.3 is 0 Å². The van der Waals surface area contributed by atoms with Crippen molar-refractivity contribution in [2.75, 3.05) is 26.9 Å². The Labute approximate surface area is 97.6 Å². The fraction of sp³-hybridized carbons (Fsp3) is 0.909. The number of amides is 1. The molecule has 0 bridgehead atoms. The van der Waals surface area contributed by atoms with Crippen LogP contribution in [0.5, 0.6) is 0 Å². The zero-order valence-corrected chi connectivity index (χ0v) is 10.5. The molecule has 0 aliphatic rings. The van der Waals surface area contributed by atoms with Crippen molar-refractivity contribution >= 4 is 5.91 Å². The summed E-state index contributed by atoms with van der Waals surface area (Å²) in [4.78, 5) is 11.5. The number of hydrogen-bond acceptors (Lipinski definition) is 4. The number of nitrogens with one attached hydrogen (secondary N) is 2. The lowest BCUT2D eigenvalue weighted by Gasteiger charge is -2.18. The Kier molecular flexibility index (Phi) is 9.18. The first-order chi connectivity index (χ1) is 7.67. The van der Waals surface area contributed by atoms with Gasteiger partial charge in [0.25, 0.3) is 0 Å². The van der Waals surface area contributed by atoms with Crippen LogP contribution in [0, 0.1) is 0 Å². The third-order valence-corrected chi connectivity index (χ3v) is 2.49. The van der Waals surface area contributed by atoms with Crippen LogP contribution in [-0.4, -0.2) is 50.0 Å². The van der Waals surface area contributed by atoms with Crippen LogP contribution in [0.2, 0.25) is 0 Å². The van der Waals surface area contributed by atoms with Crippen LogP contribution in [-0.2, 0) is 9.53 Å². The fourth-order valence-corrected chi connectivity index (χ4v) is 1.39. The molecule has 0 fully saturated rings. The van der Waals surface area contributed by atoms with E-state index in [0.29, 0.717) is 6.61 Å². The van der Waals surface area contributed by atoms with E-state index in [1.165, 1.54) is 0 Å². The van der Waals surface area contributed by atoms with E-state index in [1.54, 1.807) is 7.11 Å². The van der Waals surface area contributed by atoms with E-state index in [1.807, 2.05) is 13.8 Å². The summed E-state index contributed by atoms with van der Waals surface area (Å²) in [5, 5.41) is 14.8. The predicted octanol–water partition coefficient (Wildman–Crippen LogP) is -0.112. The molecule has 0 radical (unpaired) electrons. The second kappa shape index (κ2) is 9.57. The quantitative estimate of drug-likeness (QED) is 0.519. The van der Waals surface area contributed by atoms with Crippen LogP contribution in [0.1, 0.15) is 26.7 Å². The highest BCUT2D eigenvalue weighted by Crippen LogP contribution is 1.95. The lowest BCUT2D eigenvalue weighted by Crippen LogP contribution is -2.45. The Bertz CT molecular complexity index is 184. The van der Waals surface area contributed by atoms with E-state index >= 15 is 0 Å². The van der Waals surface area contributed by atoms with Gasteiger partial charge < -0.3 is 20.5 Å². The summed E-state index contributed by atoms with van der Waals surface area (Å²) < 4.78 is 4.90.